The Morgan fingerprint density at radius 2 is 1.04 bits per heavy atom. The van der Waals surface area contributed by atoms with E-state index in [9.17, 15) is 15.0 Å². The van der Waals surface area contributed by atoms with Crippen LogP contribution in [0.15, 0.2) is 48.6 Å². The maximum atomic E-state index is 14.5. The largest absolute Gasteiger partial charge is 0.388 e. The predicted octanol–water partition coefficient (Wildman–Crippen LogP) is 4.66. The molecule has 0 spiro atoms. The van der Waals surface area contributed by atoms with E-state index in [1.54, 1.807) is 12.2 Å². The number of Topliss-reactive ketones (excluding diaryl/α,β-unsaturated/α-hetero) is 1. The van der Waals surface area contributed by atoms with Gasteiger partial charge in [0.15, 0.2) is 5.78 Å². The van der Waals surface area contributed by atoms with E-state index >= 15 is 0 Å². The minimum Gasteiger partial charge on any atom is -0.388 e. The van der Waals surface area contributed by atoms with Gasteiger partial charge in [-0.2, -0.15) is 0 Å². The number of hydrogen-bond acceptors (Lipinski definition) is 3. The highest BCUT2D eigenvalue weighted by Crippen LogP contribution is 2.54. The first-order valence-corrected chi connectivity index (χ1v) is 11.3. The quantitative estimate of drug-likeness (QED) is 0.743. The molecule has 4 rings (SSSR count). The minimum absolute atomic E-state index is 0.0417. The number of carbonyl (C=O) groups is 1. The van der Waals surface area contributed by atoms with Gasteiger partial charge in [0.25, 0.3) is 0 Å². The number of rotatable bonds is 4. The lowest BCUT2D eigenvalue weighted by Crippen LogP contribution is -2.59. The molecule has 0 amide bonds. The van der Waals surface area contributed by atoms with Crippen LogP contribution in [0.3, 0.4) is 0 Å². The average Bonchev–Trinajstić information content (AvgIpc) is 2.75. The summed E-state index contributed by atoms with van der Waals surface area (Å²) in [5.41, 5.74) is -1.85. The monoisotopic (exact) mass is 382 g/mol. The summed E-state index contributed by atoms with van der Waals surface area (Å²) in [6.07, 6.45) is 24.1. The van der Waals surface area contributed by atoms with E-state index in [2.05, 4.69) is 0 Å². The molecule has 28 heavy (non-hydrogen) atoms. The van der Waals surface area contributed by atoms with Crippen LogP contribution >= 0.6 is 0 Å². The molecule has 0 heterocycles. The Bertz CT molecular complexity index is 633. The van der Waals surface area contributed by atoms with Crippen molar-refractivity contribution in [3.05, 3.63) is 48.6 Å². The maximum Gasteiger partial charge on any atom is 0.159 e. The lowest BCUT2D eigenvalue weighted by atomic mass is 9.51. The summed E-state index contributed by atoms with van der Waals surface area (Å²) >= 11 is 0. The first kappa shape index (κ1) is 19.8. The van der Waals surface area contributed by atoms with Crippen molar-refractivity contribution in [1.29, 1.82) is 0 Å². The van der Waals surface area contributed by atoms with Crippen LogP contribution in [-0.2, 0) is 4.79 Å². The third-order valence-electron chi connectivity index (χ3n) is 7.88. The van der Waals surface area contributed by atoms with Crippen molar-refractivity contribution in [1.82, 2.24) is 0 Å². The van der Waals surface area contributed by atoms with E-state index < -0.39 is 23.0 Å². The van der Waals surface area contributed by atoms with Crippen LogP contribution in [0, 0.1) is 22.7 Å². The fraction of sp³-hybridized carbons (Fsp3) is 0.640. The molecule has 0 bridgehead atoms. The molecular formula is C25H34O3. The van der Waals surface area contributed by atoms with Gasteiger partial charge in [0.05, 0.1) is 23.0 Å². The number of aliphatic hydroxyl groups excluding tert-OH is 2. The number of aliphatic hydroxyl groups is 2. The molecule has 0 saturated heterocycles. The Kier molecular flexibility index (Phi) is 5.76. The van der Waals surface area contributed by atoms with Crippen molar-refractivity contribution in [3.63, 3.8) is 0 Å². The molecule has 2 saturated carbocycles. The van der Waals surface area contributed by atoms with Gasteiger partial charge in [0.1, 0.15) is 0 Å². The van der Waals surface area contributed by atoms with Crippen LogP contribution in [0.4, 0.5) is 0 Å². The van der Waals surface area contributed by atoms with Crippen LogP contribution in [0.5, 0.6) is 0 Å². The van der Waals surface area contributed by atoms with Gasteiger partial charge in [-0.25, -0.2) is 0 Å². The summed E-state index contributed by atoms with van der Waals surface area (Å²) in [5, 5.41) is 22.4. The molecule has 0 aromatic heterocycles. The van der Waals surface area contributed by atoms with E-state index in [1.807, 2.05) is 36.5 Å². The molecular weight excluding hydrogens is 348 g/mol. The summed E-state index contributed by atoms with van der Waals surface area (Å²) in [7, 11) is 0. The second-order valence-corrected chi connectivity index (χ2v) is 9.24. The van der Waals surface area contributed by atoms with Crippen molar-refractivity contribution in [3.8, 4) is 0 Å². The van der Waals surface area contributed by atoms with Crippen LogP contribution in [0.2, 0.25) is 0 Å². The molecule has 152 valence electrons. The van der Waals surface area contributed by atoms with E-state index in [0.717, 1.165) is 51.4 Å². The standard InChI is InChI=1S/C25H34O3/c26-21-15-7-9-17-24(21,19-11-3-1-4-12-19)23(28)25(18-10-8-16-22(25)27)20-13-5-2-6-14-20/h7-10,15-22,26-27H,1-6,11-14H2. The zero-order chi connectivity index (χ0) is 19.6. The Labute approximate surface area is 168 Å². The van der Waals surface area contributed by atoms with Crippen LogP contribution in [0.25, 0.3) is 0 Å². The second-order valence-electron chi connectivity index (χ2n) is 9.24. The van der Waals surface area contributed by atoms with E-state index in [-0.39, 0.29) is 17.6 Å². The molecule has 0 radical (unpaired) electrons. The summed E-state index contributed by atoms with van der Waals surface area (Å²) in [6, 6.07) is 0. The fourth-order valence-electron chi connectivity index (χ4n) is 6.37. The molecule has 2 N–H and O–H groups in total. The number of ketones is 1. The first-order chi connectivity index (χ1) is 13.6. The van der Waals surface area contributed by atoms with Crippen molar-refractivity contribution in [2.45, 2.75) is 76.4 Å². The van der Waals surface area contributed by atoms with Gasteiger partial charge >= 0.3 is 0 Å². The third kappa shape index (κ3) is 3.07. The average molecular weight is 383 g/mol. The van der Waals surface area contributed by atoms with Gasteiger partial charge in [-0.1, -0.05) is 87.1 Å². The highest BCUT2D eigenvalue weighted by Gasteiger charge is 2.59. The fourth-order valence-corrected chi connectivity index (χ4v) is 6.37. The van der Waals surface area contributed by atoms with Crippen molar-refractivity contribution in [2.75, 3.05) is 0 Å². The zero-order valence-electron chi connectivity index (χ0n) is 16.8. The second kappa shape index (κ2) is 8.12. The van der Waals surface area contributed by atoms with Crippen LogP contribution in [0.1, 0.15) is 64.2 Å². The van der Waals surface area contributed by atoms with Gasteiger partial charge in [-0.05, 0) is 37.5 Å². The SMILES string of the molecule is O=C(C1(C2CCCCC2)C=CC=CC1O)C1(C2CCCCC2)C=CC=CC1O. The minimum atomic E-state index is -0.927. The predicted molar refractivity (Wildman–Crippen MR) is 112 cm³/mol. The van der Waals surface area contributed by atoms with Crippen LogP contribution in [-0.4, -0.2) is 28.2 Å². The molecule has 4 aliphatic rings. The maximum absolute atomic E-state index is 14.5. The van der Waals surface area contributed by atoms with Crippen molar-refractivity contribution in [2.24, 2.45) is 22.7 Å². The molecule has 0 aromatic carbocycles. The van der Waals surface area contributed by atoms with Gasteiger partial charge in [-0.15, -0.1) is 0 Å². The van der Waals surface area contributed by atoms with Crippen molar-refractivity contribution >= 4 is 5.78 Å². The first-order valence-electron chi connectivity index (χ1n) is 11.3. The Morgan fingerprint density at radius 3 is 1.39 bits per heavy atom. The van der Waals surface area contributed by atoms with E-state index in [1.165, 1.54) is 12.8 Å². The van der Waals surface area contributed by atoms with E-state index in [4.69, 9.17) is 0 Å². The molecule has 4 unspecified atom stereocenters. The molecule has 3 heteroatoms. The Balaban J connectivity index is 1.81. The molecule has 2 fully saturated rings. The number of hydrogen-bond donors (Lipinski definition) is 2. The van der Waals surface area contributed by atoms with Gasteiger partial charge < -0.3 is 10.2 Å². The highest BCUT2D eigenvalue weighted by atomic mass is 16.3. The van der Waals surface area contributed by atoms with Crippen molar-refractivity contribution < 1.29 is 15.0 Å². The molecule has 0 aliphatic heterocycles. The third-order valence-corrected chi connectivity index (χ3v) is 7.88. The topological polar surface area (TPSA) is 57.5 Å². The van der Waals surface area contributed by atoms with E-state index in [0.29, 0.717) is 0 Å². The van der Waals surface area contributed by atoms with Crippen LogP contribution < -0.4 is 0 Å². The number of carbonyl (C=O) groups excluding carboxylic acids is 1. The summed E-state index contributed by atoms with van der Waals surface area (Å²) < 4.78 is 0. The summed E-state index contributed by atoms with van der Waals surface area (Å²) in [6.45, 7) is 0. The smallest absolute Gasteiger partial charge is 0.159 e. The molecule has 4 atom stereocenters. The lowest BCUT2D eigenvalue weighted by molar-refractivity contribution is -0.152. The Morgan fingerprint density at radius 1 is 0.643 bits per heavy atom. The lowest BCUT2D eigenvalue weighted by Gasteiger charge is -2.51. The van der Waals surface area contributed by atoms with Gasteiger partial charge in [0, 0.05) is 0 Å². The van der Waals surface area contributed by atoms with Gasteiger partial charge in [-0.3, -0.25) is 4.79 Å². The molecule has 3 nitrogen and oxygen atoms in total. The number of allylic oxidation sites excluding steroid dienone is 4. The normalized spacial score (nSPS) is 39.4. The summed E-state index contributed by atoms with van der Waals surface area (Å²) in [4.78, 5) is 14.5. The summed E-state index contributed by atoms with van der Waals surface area (Å²) in [5.74, 6) is 0.314. The Hall–Kier alpha value is -1.45. The highest BCUT2D eigenvalue weighted by molar-refractivity contribution is 5.96. The zero-order valence-corrected chi connectivity index (χ0v) is 16.8. The van der Waals surface area contributed by atoms with Gasteiger partial charge in [0.2, 0.25) is 0 Å². The molecule has 4 aliphatic carbocycles. The molecule has 0 aromatic rings.